The Morgan fingerprint density at radius 3 is 2.00 bits per heavy atom. The number of hydrogen-bond acceptors (Lipinski definition) is 12. The summed E-state index contributed by atoms with van der Waals surface area (Å²) in [5.41, 5.74) is -2.03. The van der Waals surface area contributed by atoms with Crippen LogP contribution in [-0.2, 0) is 48.0 Å². The highest BCUT2D eigenvalue weighted by Crippen LogP contribution is 2.34. The number of carboxylic acids is 4. The van der Waals surface area contributed by atoms with Gasteiger partial charge in [-0.1, -0.05) is 12.1 Å². The van der Waals surface area contributed by atoms with Crippen LogP contribution in [0, 0.1) is 0 Å². The topological polar surface area (TPSA) is 275 Å². The average molecular weight is 777 g/mol. The van der Waals surface area contributed by atoms with Crippen LogP contribution in [0.4, 0.5) is 23.7 Å². The van der Waals surface area contributed by atoms with Crippen molar-refractivity contribution in [1.29, 1.82) is 0 Å². The van der Waals surface area contributed by atoms with Gasteiger partial charge in [0.1, 0.15) is 12.2 Å². The summed E-state index contributed by atoms with van der Waals surface area (Å²) in [7, 11) is 0. The molecule has 0 bridgehead atoms. The van der Waals surface area contributed by atoms with Crippen molar-refractivity contribution >= 4 is 52.5 Å². The van der Waals surface area contributed by atoms with E-state index in [2.05, 4.69) is 5.32 Å². The standard InChI is InChI=1S/C34H27F3N2O16/c35-34(36,37)19-6-4-17(5-7-19)30(45)38-20-3-1-2-16(8-20)12-53-29(32(48)49)28(31(46)47)39-33(50)54-13-18-9-27(44)55-22-11-24(52-15-26(42)43)23(10-21(18)22)51-14-25(40)41/h1-11,28-29H,12-15H2,(H,38,45)(H,39,50)(H,40,41)(H,42,43)(H,46,47)(H,48,49)/t28-,29+/m1/s1. The highest BCUT2D eigenvalue weighted by molar-refractivity contribution is 6.04. The van der Waals surface area contributed by atoms with E-state index in [4.69, 9.17) is 33.6 Å². The third-order valence-electron chi connectivity index (χ3n) is 7.13. The van der Waals surface area contributed by atoms with Crippen LogP contribution in [0.2, 0.25) is 0 Å². The number of nitrogens with one attached hydrogen (secondary N) is 2. The first kappa shape index (κ1) is 40.6. The average Bonchev–Trinajstić information content (AvgIpc) is 3.11. The number of alkyl halides is 3. The van der Waals surface area contributed by atoms with Crippen molar-refractivity contribution in [3.8, 4) is 11.5 Å². The number of carbonyl (C=O) groups is 6. The van der Waals surface area contributed by atoms with E-state index in [1.54, 1.807) is 0 Å². The van der Waals surface area contributed by atoms with Crippen LogP contribution in [0.25, 0.3) is 11.0 Å². The number of rotatable bonds is 17. The number of alkyl carbamates (subject to hydrolysis) is 1. The van der Waals surface area contributed by atoms with E-state index in [9.17, 15) is 56.9 Å². The monoisotopic (exact) mass is 776 g/mol. The van der Waals surface area contributed by atoms with Gasteiger partial charge >= 0.3 is 41.8 Å². The second-order valence-corrected chi connectivity index (χ2v) is 11.1. The molecule has 21 heteroatoms. The lowest BCUT2D eigenvalue weighted by molar-refractivity contribution is -0.161. The molecule has 55 heavy (non-hydrogen) atoms. The van der Waals surface area contributed by atoms with Gasteiger partial charge in [-0.25, -0.2) is 28.8 Å². The molecule has 1 aromatic heterocycles. The highest BCUT2D eigenvalue weighted by atomic mass is 19.4. The Balaban J connectivity index is 1.44. The lowest BCUT2D eigenvalue weighted by Gasteiger charge is -2.22. The largest absolute Gasteiger partial charge is 0.480 e. The third-order valence-corrected chi connectivity index (χ3v) is 7.13. The van der Waals surface area contributed by atoms with Gasteiger partial charge in [-0.05, 0) is 48.0 Å². The highest BCUT2D eigenvalue weighted by Gasteiger charge is 2.37. The van der Waals surface area contributed by atoms with Gasteiger partial charge in [0.15, 0.2) is 36.9 Å². The SMILES string of the molecule is O=C(O)COc1cc2oc(=O)cc(COC(=O)N[C@@H](C(=O)O)[C@H](OCc3cccc(NC(=O)c4ccc(C(F)(F)F)cc4)c3)C(=O)O)c2cc1OCC(=O)O. The Hall–Kier alpha value is -7.16. The van der Waals surface area contributed by atoms with E-state index in [0.29, 0.717) is 0 Å². The van der Waals surface area contributed by atoms with E-state index < -0.39 is 91.8 Å². The molecule has 2 amide bonds. The van der Waals surface area contributed by atoms with Crippen LogP contribution in [0.15, 0.2) is 75.9 Å². The van der Waals surface area contributed by atoms with Crippen molar-refractivity contribution in [1.82, 2.24) is 5.32 Å². The van der Waals surface area contributed by atoms with Gasteiger partial charge in [-0.3, -0.25) is 4.79 Å². The molecule has 6 N–H and O–H groups in total. The van der Waals surface area contributed by atoms with Crippen LogP contribution in [0.5, 0.6) is 11.5 Å². The number of hydrogen-bond donors (Lipinski definition) is 6. The van der Waals surface area contributed by atoms with E-state index in [0.717, 1.165) is 42.5 Å². The first-order chi connectivity index (χ1) is 25.9. The predicted molar refractivity (Wildman–Crippen MR) is 176 cm³/mol. The molecule has 0 saturated carbocycles. The molecule has 0 unspecified atom stereocenters. The maximum Gasteiger partial charge on any atom is 0.416 e. The molecule has 0 radical (unpaired) electrons. The van der Waals surface area contributed by atoms with Gasteiger partial charge in [-0.2, -0.15) is 13.2 Å². The molecular formula is C34H27F3N2O16. The summed E-state index contributed by atoms with van der Waals surface area (Å²) in [6.07, 6.45) is -8.31. The first-order valence-corrected chi connectivity index (χ1v) is 15.3. The number of benzene rings is 3. The predicted octanol–water partition coefficient (Wildman–Crippen LogP) is 3.34. The Kier molecular flexibility index (Phi) is 13.0. The summed E-state index contributed by atoms with van der Waals surface area (Å²) in [5, 5.41) is 41.8. The molecule has 18 nitrogen and oxygen atoms in total. The molecule has 1 heterocycles. The van der Waals surface area contributed by atoms with Crippen molar-refractivity contribution in [2.75, 3.05) is 18.5 Å². The molecule has 290 valence electrons. The third kappa shape index (κ3) is 11.4. The zero-order chi connectivity index (χ0) is 40.4. The summed E-state index contributed by atoms with van der Waals surface area (Å²) in [6, 6.07) is 9.71. The molecule has 0 aliphatic carbocycles. The van der Waals surface area contributed by atoms with Gasteiger partial charge < -0.3 is 54.4 Å². The molecule has 0 fully saturated rings. The van der Waals surface area contributed by atoms with E-state index >= 15 is 0 Å². The second kappa shape index (κ2) is 17.6. The summed E-state index contributed by atoms with van der Waals surface area (Å²) < 4.78 is 64.2. The van der Waals surface area contributed by atoms with Gasteiger partial charge in [0.2, 0.25) is 0 Å². The van der Waals surface area contributed by atoms with E-state index in [-0.39, 0.29) is 44.8 Å². The fourth-order valence-corrected chi connectivity index (χ4v) is 4.69. The molecular weight excluding hydrogens is 749 g/mol. The number of carbonyl (C=O) groups excluding carboxylic acids is 2. The molecule has 4 rings (SSSR count). The van der Waals surface area contributed by atoms with Gasteiger partial charge in [0.25, 0.3) is 5.91 Å². The molecule has 0 aliphatic heterocycles. The Bertz CT molecular complexity index is 2170. The number of aliphatic carboxylic acids is 4. The molecule has 4 aromatic rings. The minimum atomic E-state index is -4.60. The number of amides is 2. The van der Waals surface area contributed by atoms with Crippen LogP contribution in [0.3, 0.4) is 0 Å². The maximum absolute atomic E-state index is 12.8. The van der Waals surface area contributed by atoms with Gasteiger partial charge in [-0.15, -0.1) is 0 Å². The Labute approximate surface area is 304 Å². The molecule has 3 aromatic carbocycles. The zero-order valence-electron chi connectivity index (χ0n) is 27.7. The number of halogens is 3. The van der Waals surface area contributed by atoms with Crippen LogP contribution in [0.1, 0.15) is 27.0 Å². The Morgan fingerprint density at radius 1 is 0.782 bits per heavy atom. The van der Waals surface area contributed by atoms with Crippen LogP contribution in [-0.4, -0.2) is 81.7 Å². The fraction of sp³-hybridized carbons (Fsp3) is 0.206. The number of ether oxygens (including phenoxy) is 4. The van der Waals surface area contributed by atoms with Crippen molar-refractivity contribution in [2.45, 2.75) is 31.5 Å². The van der Waals surface area contributed by atoms with Gasteiger partial charge in [0, 0.05) is 34.3 Å². The number of fused-ring (bicyclic) bond motifs is 1. The van der Waals surface area contributed by atoms with Crippen LogP contribution < -0.4 is 25.7 Å². The summed E-state index contributed by atoms with van der Waals surface area (Å²) in [6.45, 7) is -3.11. The van der Waals surface area contributed by atoms with Gasteiger partial charge in [0.05, 0.1) is 12.2 Å². The van der Waals surface area contributed by atoms with Crippen molar-refractivity contribution < 1.29 is 85.7 Å². The minimum Gasteiger partial charge on any atom is -0.480 e. The summed E-state index contributed by atoms with van der Waals surface area (Å²) in [4.78, 5) is 83.7. The molecule has 0 saturated heterocycles. The molecule has 2 atom stereocenters. The minimum absolute atomic E-state index is 0.00484. The normalized spacial score (nSPS) is 12.2. The molecule has 0 spiro atoms. The van der Waals surface area contributed by atoms with Crippen molar-refractivity contribution in [3.05, 3.63) is 99.4 Å². The second-order valence-electron chi connectivity index (χ2n) is 11.1. The zero-order valence-corrected chi connectivity index (χ0v) is 27.7. The fourth-order valence-electron chi connectivity index (χ4n) is 4.69. The summed E-state index contributed by atoms with van der Waals surface area (Å²) in [5.74, 6) is -7.86. The quantitative estimate of drug-likeness (QED) is 0.0839. The Morgan fingerprint density at radius 2 is 1.42 bits per heavy atom. The smallest absolute Gasteiger partial charge is 0.416 e. The lowest BCUT2D eigenvalue weighted by Crippen LogP contribution is -2.53. The van der Waals surface area contributed by atoms with Crippen molar-refractivity contribution in [3.63, 3.8) is 0 Å². The van der Waals surface area contributed by atoms with Crippen molar-refractivity contribution in [2.24, 2.45) is 0 Å². The number of anilines is 1. The number of carboxylic acid groups (broad SMARTS) is 4. The van der Waals surface area contributed by atoms with E-state index in [1.165, 1.54) is 24.3 Å². The summed E-state index contributed by atoms with van der Waals surface area (Å²) >= 11 is 0. The maximum atomic E-state index is 12.8. The first-order valence-electron chi connectivity index (χ1n) is 15.3. The molecule has 0 aliphatic rings. The van der Waals surface area contributed by atoms with Crippen LogP contribution >= 0.6 is 0 Å². The van der Waals surface area contributed by atoms with E-state index in [1.807, 2.05) is 5.32 Å². The lowest BCUT2D eigenvalue weighted by atomic mass is 10.1.